The van der Waals surface area contributed by atoms with Gasteiger partial charge in [0, 0.05) is 22.1 Å². The molecule has 257 valence electrons. The Hall–Kier alpha value is 1.09. The molecule has 3 aliphatic rings. The van der Waals surface area contributed by atoms with Crippen molar-refractivity contribution < 1.29 is 45.4 Å². The van der Waals surface area contributed by atoms with E-state index >= 15 is 0 Å². The normalized spacial score (nSPS) is 21.9. The fourth-order valence-electron chi connectivity index (χ4n) is 6.57. The molecule has 0 aromatic carbocycles. The molecule has 1 radical (unpaired) electrons. The van der Waals surface area contributed by atoms with Crippen LogP contribution in [-0.4, -0.2) is 37.0 Å². The standard InChI is InChI=1S/3C11H23O2P.Fe/c3*1-2-3-9-14(12,13)10-8-11-6-4-5-7-11;/h3*11H,2-10H2,1H3,(H,12,13);/q;;;+3/p-3. The minimum Gasteiger partial charge on any atom is -0.799 e. The summed E-state index contributed by atoms with van der Waals surface area (Å²) in [4.78, 5) is 34.7. The Morgan fingerprint density at radius 3 is 0.837 bits per heavy atom. The molecule has 10 heteroatoms. The van der Waals surface area contributed by atoms with Gasteiger partial charge >= 0.3 is 17.1 Å². The minimum absolute atomic E-state index is 0. The first kappa shape index (κ1) is 44.1. The van der Waals surface area contributed by atoms with E-state index in [4.69, 9.17) is 0 Å². The van der Waals surface area contributed by atoms with Crippen molar-refractivity contribution in [3.8, 4) is 0 Å². The summed E-state index contributed by atoms with van der Waals surface area (Å²) in [6.45, 7) is 6.12. The van der Waals surface area contributed by atoms with Gasteiger partial charge in [-0.2, -0.15) is 0 Å². The Morgan fingerprint density at radius 1 is 0.442 bits per heavy atom. The van der Waals surface area contributed by atoms with Crippen molar-refractivity contribution >= 4 is 22.1 Å². The summed E-state index contributed by atoms with van der Waals surface area (Å²) in [6.07, 6.45) is 26.3. The van der Waals surface area contributed by atoms with Crippen LogP contribution in [0.2, 0.25) is 0 Å². The molecule has 3 rings (SSSR count). The van der Waals surface area contributed by atoms with E-state index in [0.717, 1.165) is 57.8 Å². The van der Waals surface area contributed by atoms with Gasteiger partial charge in [-0.05, 0) is 93.3 Å². The van der Waals surface area contributed by atoms with Crippen LogP contribution < -0.4 is 14.7 Å². The molecule has 0 spiro atoms. The molecule has 0 aliphatic heterocycles. The third-order valence-corrected chi connectivity index (χ3v) is 15.4. The van der Waals surface area contributed by atoms with E-state index in [1.54, 1.807) is 0 Å². The number of hydrogen-bond donors (Lipinski definition) is 0. The number of hydrogen-bond acceptors (Lipinski definition) is 6. The van der Waals surface area contributed by atoms with Crippen LogP contribution in [0.5, 0.6) is 0 Å². The topological polar surface area (TPSA) is 120 Å². The van der Waals surface area contributed by atoms with Gasteiger partial charge in [-0.3, -0.25) is 0 Å². The zero-order valence-corrected chi connectivity index (χ0v) is 31.8. The van der Waals surface area contributed by atoms with Gasteiger partial charge < -0.3 is 28.4 Å². The minimum atomic E-state index is -3.01. The van der Waals surface area contributed by atoms with Gasteiger partial charge in [0.2, 0.25) is 0 Å². The summed E-state index contributed by atoms with van der Waals surface area (Å²) in [5.41, 5.74) is 0. The Morgan fingerprint density at radius 2 is 0.651 bits per heavy atom. The van der Waals surface area contributed by atoms with Gasteiger partial charge in [0.1, 0.15) is 0 Å². The van der Waals surface area contributed by atoms with Crippen LogP contribution in [0, 0.1) is 17.8 Å². The Kier molecular flexibility index (Phi) is 25.8. The maximum atomic E-state index is 11.6. The summed E-state index contributed by atoms with van der Waals surface area (Å²) in [7, 11) is -9.03. The molecule has 0 saturated heterocycles. The van der Waals surface area contributed by atoms with Crippen molar-refractivity contribution in [1.82, 2.24) is 0 Å². The molecule has 0 N–H and O–H groups in total. The smallest absolute Gasteiger partial charge is 0.799 e. The molecule has 3 atom stereocenters. The summed E-state index contributed by atoms with van der Waals surface area (Å²) in [6, 6.07) is 0. The van der Waals surface area contributed by atoms with E-state index in [9.17, 15) is 28.4 Å². The Labute approximate surface area is 277 Å². The monoisotopic (exact) mass is 707 g/mol. The average molecular weight is 708 g/mol. The first-order valence-electron chi connectivity index (χ1n) is 17.8. The zero-order valence-electron chi connectivity index (χ0n) is 28.0. The number of unbranched alkanes of at least 4 members (excludes halogenated alkanes) is 3. The first-order valence-corrected chi connectivity index (χ1v) is 23.8. The molecule has 0 aromatic rings. The summed E-state index contributed by atoms with van der Waals surface area (Å²) < 4.78 is 34.7. The van der Waals surface area contributed by atoms with Crippen molar-refractivity contribution in [2.75, 3.05) is 37.0 Å². The summed E-state index contributed by atoms with van der Waals surface area (Å²) in [5, 5.41) is 0. The molecule has 0 heterocycles. The third kappa shape index (κ3) is 24.0. The van der Waals surface area contributed by atoms with Crippen molar-refractivity contribution in [3.63, 3.8) is 0 Å². The second-order valence-electron chi connectivity index (χ2n) is 13.7. The molecule has 6 nitrogen and oxygen atoms in total. The van der Waals surface area contributed by atoms with Crippen LogP contribution in [0.25, 0.3) is 0 Å². The maximum Gasteiger partial charge on any atom is 3.00 e. The van der Waals surface area contributed by atoms with E-state index < -0.39 is 22.1 Å². The largest absolute Gasteiger partial charge is 3.00 e. The van der Waals surface area contributed by atoms with Gasteiger partial charge in [-0.25, -0.2) is 0 Å². The summed E-state index contributed by atoms with van der Waals surface area (Å²) in [5.74, 6) is 2.12. The van der Waals surface area contributed by atoms with Crippen LogP contribution in [0.15, 0.2) is 0 Å². The molecule has 0 amide bonds. The molecule has 43 heavy (non-hydrogen) atoms. The van der Waals surface area contributed by atoms with E-state index in [2.05, 4.69) is 0 Å². The molecule has 0 aromatic heterocycles. The SMILES string of the molecule is CCCCP(=O)([O-])CCC1CCCC1.CCCCP(=O)([O-])CCC1CCCC1.CCCCP(=O)([O-])CCC1CCCC1.[Fe+3]. The van der Waals surface area contributed by atoms with Crippen LogP contribution in [0.3, 0.4) is 0 Å². The molecule has 3 saturated carbocycles. The Balaban J connectivity index is 0.000000608. The second kappa shape index (κ2) is 25.2. The quantitative estimate of drug-likeness (QED) is 0.104. The average Bonchev–Trinajstić information content (AvgIpc) is 3.76. The molecule has 3 aliphatic carbocycles. The fourth-order valence-corrected chi connectivity index (χ4v) is 11.9. The molecule has 3 fully saturated rings. The second-order valence-corrected chi connectivity index (χ2v) is 21.2. The zero-order chi connectivity index (χ0) is 31.3. The van der Waals surface area contributed by atoms with Gasteiger partial charge in [0.05, 0.1) is 0 Å². The predicted molar refractivity (Wildman–Crippen MR) is 176 cm³/mol. The van der Waals surface area contributed by atoms with Crippen molar-refractivity contribution in [3.05, 3.63) is 0 Å². The van der Waals surface area contributed by atoms with Gasteiger partial charge in [0.25, 0.3) is 0 Å². The van der Waals surface area contributed by atoms with Crippen molar-refractivity contribution in [2.45, 2.75) is 156 Å². The summed E-state index contributed by atoms with van der Waals surface area (Å²) >= 11 is 0. The number of rotatable bonds is 18. The fraction of sp³-hybridized carbons (Fsp3) is 1.00. The van der Waals surface area contributed by atoms with E-state index in [0.29, 0.717) is 54.7 Å². The van der Waals surface area contributed by atoms with E-state index in [1.165, 1.54) is 77.0 Å². The van der Waals surface area contributed by atoms with Crippen LogP contribution in [-0.2, 0) is 30.8 Å². The first-order chi connectivity index (χ1) is 19.9. The molecular weight excluding hydrogens is 641 g/mol. The van der Waals surface area contributed by atoms with E-state index in [-0.39, 0.29) is 17.1 Å². The Bertz CT molecular complexity index is 704. The van der Waals surface area contributed by atoms with Crippen LogP contribution >= 0.6 is 22.1 Å². The molecule has 0 bridgehead atoms. The van der Waals surface area contributed by atoms with Crippen molar-refractivity contribution in [1.29, 1.82) is 0 Å². The van der Waals surface area contributed by atoms with Gasteiger partial charge in [-0.15, -0.1) is 0 Å². The van der Waals surface area contributed by atoms with Crippen molar-refractivity contribution in [2.24, 2.45) is 17.8 Å². The van der Waals surface area contributed by atoms with E-state index in [1.807, 2.05) is 20.8 Å². The van der Waals surface area contributed by atoms with Crippen LogP contribution in [0.4, 0.5) is 0 Å². The molecular formula is C33H66FeO6P3. The maximum absolute atomic E-state index is 11.6. The third-order valence-electron chi connectivity index (χ3n) is 9.62. The van der Waals surface area contributed by atoms with Crippen LogP contribution in [0.1, 0.15) is 156 Å². The van der Waals surface area contributed by atoms with Gasteiger partial charge in [-0.1, -0.05) is 117 Å². The molecule has 3 unspecified atom stereocenters. The predicted octanol–water partition coefficient (Wildman–Crippen LogP) is 9.01. The van der Waals surface area contributed by atoms with Gasteiger partial charge in [0.15, 0.2) is 0 Å².